The van der Waals surface area contributed by atoms with Crippen molar-refractivity contribution in [3.63, 3.8) is 0 Å². The topological polar surface area (TPSA) is 46.5 Å². The van der Waals surface area contributed by atoms with Gasteiger partial charge in [-0.3, -0.25) is 4.79 Å². The minimum atomic E-state index is -0.771. The van der Waals surface area contributed by atoms with Crippen molar-refractivity contribution >= 4 is 5.97 Å². The predicted octanol–water partition coefficient (Wildman–Crippen LogP) is 2.69. The number of ether oxygens (including phenoxy) is 1. The molecule has 0 rings (SSSR count). The largest absolute Gasteiger partial charge is 0.481 e. The van der Waals surface area contributed by atoms with Gasteiger partial charge in [0.1, 0.15) is 0 Å². The molecule has 0 spiro atoms. The molecule has 0 radical (unpaired) electrons. The lowest BCUT2D eigenvalue weighted by Crippen LogP contribution is -2.35. The Morgan fingerprint density at radius 2 is 1.93 bits per heavy atom. The summed E-state index contributed by atoms with van der Waals surface area (Å²) in [6, 6.07) is 0. The van der Waals surface area contributed by atoms with Gasteiger partial charge >= 0.3 is 5.97 Å². The molecule has 0 unspecified atom stereocenters. The average Bonchev–Trinajstić information content (AvgIpc) is 2.03. The molecule has 2 atom stereocenters. The first-order valence-corrected chi connectivity index (χ1v) is 5.24. The number of aliphatic carboxylic acids is 1. The summed E-state index contributed by atoms with van der Waals surface area (Å²) in [5, 5.41) is 8.93. The number of carboxylic acids is 1. The van der Waals surface area contributed by atoms with Crippen molar-refractivity contribution in [3.8, 4) is 0 Å². The van der Waals surface area contributed by atoms with Crippen LogP contribution < -0.4 is 0 Å². The van der Waals surface area contributed by atoms with Crippen LogP contribution in [0.15, 0.2) is 0 Å². The van der Waals surface area contributed by atoms with Crippen molar-refractivity contribution in [3.05, 3.63) is 0 Å². The van der Waals surface area contributed by atoms with Crippen LogP contribution in [0.1, 0.15) is 47.5 Å². The second-order valence-corrected chi connectivity index (χ2v) is 4.29. The van der Waals surface area contributed by atoms with Crippen molar-refractivity contribution in [2.75, 3.05) is 0 Å². The minimum Gasteiger partial charge on any atom is -0.481 e. The zero-order valence-corrected chi connectivity index (χ0v) is 9.83. The van der Waals surface area contributed by atoms with E-state index < -0.39 is 11.9 Å². The van der Waals surface area contributed by atoms with Gasteiger partial charge in [-0.2, -0.15) is 0 Å². The molecule has 84 valence electrons. The number of carbonyl (C=O) groups is 1. The summed E-state index contributed by atoms with van der Waals surface area (Å²) in [5.74, 6) is -1.17. The van der Waals surface area contributed by atoms with E-state index in [9.17, 15) is 4.79 Å². The molecule has 14 heavy (non-hydrogen) atoms. The molecule has 0 saturated heterocycles. The SMILES string of the molecule is CC[C@H](C(=O)O)[C@@H](C)OC(C)(C)CC. The Kier molecular flexibility index (Phi) is 5.13. The second-order valence-electron chi connectivity index (χ2n) is 4.29. The zero-order chi connectivity index (χ0) is 11.4. The highest BCUT2D eigenvalue weighted by atomic mass is 16.5. The van der Waals surface area contributed by atoms with E-state index in [-0.39, 0.29) is 11.7 Å². The smallest absolute Gasteiger partial charge is 0.309 e. The monoisotopic (exact) mass is 202 g/mol. The lowest BCUT2D eigenvalue weighted by atomic mass is 9.99. The van der Waals surface area contributed by atoms with Gasteiger partial charge in [-0.15, -0.1) is 0 Å². The third-order valence-electron chi connectivity index (χ3n) is 2.68. The van der Waals surface area contributed by atoms with Gasteiger partial charge in [-0.05, 0) is 33.6 Å². The number of hydrogen-bond donors (Lipinski definition) is 1. The molecule has 0 aliphatic rings. The highest BCUT2D eigenvalue weighted by molar-refractivity contribution is 5.70. The van der Waals surface area contributed by atoms with Crippen LogP contribution in [0.3, 0.4) is 0 Å². The van der Waals surface area contributed by atoms with Crippen LogP contribution in [-0.2, 0) is 9.53 Å². The Bertz CT molecular complexity index is 187. The Balaban J connectivity index is 4.31. The first-order valence-electron chi connectivity index (χ1n) is 5.24. The summed E-state index contributed by atoms with van der Waals surface area (Å²) in [6.45, 7) is 9.71. The molecule has 0 heterocycles. The quantitative estimate of drug-likeness (QED) is 0.720. The normalized spacial score (nSPS) is 16.4. The fourth-order valence-corrected chi connectivity index (χ4v) is 1.38. The molecule has 1 N–H and O–H groups in total. The van der Waals surface area contributed by atoms with Gasteiger partial charge in [0.05, 0.1) is 17.6 Å². The molecule has 0 saturated carbocycles. The molecule has 0 aliphatic carbocycles. The van der Waals surface area contributed by atoms with Crippen LogP contribution in [-0.4, -0.2) is 22.8 Å². The van der Waals surface area contributed by atoms with E-state index in [1.54, 1.807) is 0 Å². The zero-order valence-electron chi connectivity index (χ0n) is 9.83. The molecule has 0 fully saturated rings. The molecular weight excluding hydrogens is 180 g/mol. The maximum atomic E-state index is 10.9. The van der Waals surface area contributed by atoms with Crippen LogP contribution in [0.2, 0.25) is 0 Å². The van der Waals surface area contributed by atoms with E-state index in [1.165, 1.54) is 0 Å². The Morgan fingerprint density at radius 1 is 1.43 bits per heavy atom. The van der Waals surface area contributed by atoms with Gasteiger partial charge in [0.15, 0.2) is 0 Å². The summed E-state index contributed by atoms with van der Waals surface area (Å²) in [4.78, 5) is 10.9. The van der Waals surface area contributed by atoms with E-state index in [1.807, 2.05) is 34.6 Å². The molecule has 0 aromatic heterocycles. The third kappa shape index (κ3) is 4.09. The highest BCUT2D eigenvalue weighted by Crippen LogP contribution is 2.21. The molecule has 3 nitrogen and oxygen atoms in total. The summed E-state index contributed by atoms with van der Waals surface area (Å²) < 4.78 is 5.72. The van der Waals surface area contributed by atoms with Crippen molar-refractivity contribution in [2.45, 2.75) is 59.2 Å². The summed E-state index contributed by atoms with van der Waals surface area (Å²) in [6.07, 6.45) is 1.26. The van der Waals surface area contributed by atoms with Crippen molar-refractivity contribution in [2.24, 2.45) is 5.92 Å². The standard InChI is InChI=1S/C11H22O3/c1-6-9(10(12)13)8(3)14-11(4,5)7-2/h8-9H,6-7H2,1-5H3,(H,12,13)/t8-,9+/m1/s1. The molecule has 0 aliphatic heterocycles. The number of hydrogen-bond acceptors (Lipinski definition) is 2. The van der Waals surface area contributed by atoms with Crippen LogP contribution in [0, 0.1) is 5.92 Å². The van der Waals surface area contributed by atoms with Gasteiger partial charge in [0.2, 0.25) is 0 Å². The Hall–Kier alpha value is -0.570. The third-order valence-corrected chi connectivity index (χ3v) is 2.68. The number of carboxylic acid groups (broad SMARTS) is 1. The van der Waals surface area contributed by atoms with Crippen LogP contribution in [0.5, 0.6) is 0 Å². The summed E-state index contributed by atoms with van der Waals surface area (Å²) in [5.41, 5.74) is -0.234. The van der Waals surface area contributed by atoms with Crippen LogP contribution >= 0.6 is 0 Å². The van der Waals surface area contributed by atoms with E-state index >= 15 is 0 Å². The van der Waals surface area contributed by atoms with Crippen molar-refractivity contribution < 1.29 is 14.6 Å². The summed E-state index contributed by atoms with van der Waals surface area (Å²) >= 11 is 0. The van der Waals surface area contributed by atoms with Gasteiger partial charge in [-0.1, -0.05) is 13.8 Å². The van der Waals surface area contributed by atoms with E-state index in [0.717, 1.165) is 6.42 Å². The number of rotatable bonds is 6. The van der Waals surface area contributed by atoms with E-state index in [2.05, 4.69) is 0 Å². The van der Waals surface area contributed by atoms with E-state index in [0.29, 0.717) is 6.42 Å². The maximum Gasteiger partial charge on any atom is 0.309 e. The molecule has 0 amide bonds. The van der Waals surface area contributed by atoms with Crippen molar-refractivity contribution in [1.29, 1.82) is 0 Å². The molecular formula is C11H22O3. The molecule has 0 aromatic rings. The van der Waals surface area contributed by atoms with Gasteiger partial charge in [0.25, 0.3) is 0 Å². The second kappa shape index (κ2) is 5.35. The molecule has 0 aromatic carbocycles. The predicted molar refractivity (Wildman–Crippen MR) is 56.3 cm³/mol. The first kappa shape index (κ1) is 13.4. The maximum absolute atomic E-state index is 10.9. The lowest BCUT2D eigenvalue weighted by molar-refractivity contribution is -0.153. The van der Waals surface area contributed by atoms with Crippen molar-refractivity contribution in [1.82, 2.24) is 0 Å². The fraction of sp³-hybridized carbons (Fsp3) is 0.909. The van der Waals surface area contributed by atoms with Gasteiger partial charge in [-0.25, -0.2) is 0 Å². The minimum absolute atomic E-state index is 0.229. The van der Waals surface area contributed by atoms with E-state index in [4.69, 9.17) is 9.84 Å². The van der Waals surface area contributed by atoms with Crippen LogP contribution in [0.4, 0.5) is 0 Å². The van der Waals surface area contributed by atoms with Crippen LogP contribution in [0.25, 0.3) is 0 Å². The summed E-state index contributed by atoms with van der Waals surface area (Å²) in [7, 11) is 0. The highest BCUT2D eigenvalue weighted by Gasteiger charge is 2.28. The van der Waals surface area contributed by atoms with Gasteiger partial charge in [0, 0.05) is 0 Å². The Labute approximate surface area is 86.5 Å². The molecule has 0 bridgehead atoms. The lowest BCUT2D eigenvalue weighted by Gasteiger charge is -2.30. The first-order chi connectivity index (χ1) is 6.34. The molecule has 3 heteroatoms. The van der Waals surface area contributed by atoms with Gasteiger partial charge < -0.3 is 9.84 Å². The fourth-order valence-electron chi connectivity index (χ4n) is 1.38. The Morgan fingerprint density at radius 3 is 2.21 bits per heavy atom. The average molecular weight is 202 g/mol.